The van der Waals surface area contributed by atoms with E-state index in [2.05, 4.69) is 58.3 Å². The third-order valence-electron chi connectivity index (χ3n) is 7.91. The molecule has 1 saturated heterocycles. The summed E-state index contributed by atoms with van der Waals surface area (Å²) in [6, 6.07) is 50.9. The minimum absolute atomic E-state index is 0. The molecule has 2 aliphatic rings. The number of pyridine rings is 1. The van der Waals surface area contributed by atoms with Crippen LogP contribution in [0.5, 0.6) is 23.0 Å². The predicted octanol–water partition coefficient (Wildman–Crippen LogP) is 8.42. The predicted molar refractivity (Wildman–Crippen MR) is 191 cm³/mol. The monoisotopic (exact) mass is 1040 g/mol. The molecule has 52 heavy (non-hydrogen) atoms. The number of para-hydroxylation sites is 1. The first-order valence-corrected chi connectivity index (χ1v) is 16.2. The Morgan fingerprint density at radius 2 is 1.50 bits per heavy atom. The molecule has 0 atom stereocenters. The Balaban J connectivity index is 0.000000523. The molecule has 0 saturated carbocycles. The maximum absolute atomic E-state index is 6.57. The summed E-state index contributed by atoms with van der Waals surface area (Å²) in [6.07, 6.45) is 18.0. The van der Waals surface area contributed by atoms with E-state index in [-0.39, 0.29) is 42.1 Å². The minimum Gasteiger partial charge on any atom is -0.669 e. The van der Waals surface area contributed by atoms with E-state index in [4.69, 9.17) is 15.9 Å². The quantitative estimate of drug-likeness (QED) is 0.0874. The van der Waals surface area contributed by atoms with Crippen LogP contribution < -0.4 is 14.4 Å². The molecular formula is C43H31N5O2Pt2+2. The van der Waals surface area contributed by atoms with Gasteiger partial charge in [-0.1, -0.05) is 45.3 Å². The van der Waals surface area contributed by atoms with E-state index in [0.717, 1.165) is 46.8 Å². The van der Waals surface area contributed by atoms with Crippen LogP contribution in [0.2, 0.25) is 0 Å². The van der Waals surface area contributed by atoms with Gasteiger partial charge in [0, 0.05) is 48.5 Å². The molecule has 0 N–H and O–H groups in total. The molecule has 0 bridgehead atoms. The van der Waals surface area contributed by atoms with Crippen LogP contribution in [-0.2, 0) is 42.1 Å². The molecule has 1 fully saturated rings. The maximum Gasteiger partial charge on any atom is 4.00 e. The van der Waals surface area contributed by atoms with Crippen molar-refractivity contribution in [1.82, 2.24) is 9.55 Å². The van der Waals surface area contributed by atoms with E-state index in [1.54, 1.807) is 23.2 Å². The zero-order valence-electron chi connectivity index (χ0n) is 28.1. The van der Waals surface area contributed by atoms with Gasteiger partial charge in [-0.2, -0.15) is 36.4 Å². The number of ether oxygens (including phenoxy) is 2. The third-order valence-corrected chi connectivity index (χ3v) is 7.91. The summed E-state index contributed by atoms with van der Waals surface area (Å²) in [7, 11) is 1.93. The van der Waals surface area contributed by atoms with E-state index in [0.29, 0.717) is 23.0 Å². The average Bonchev–Trinajstić information content (AvgIpc) is 3.97. The van der Waals surface area contributed by atoms with E-state index >= 15 is 0 Å². The van der Waals surface area contributed by atoms with Crippen LogP contribution in [0, 0.1) is 42.8 Å². The minimum atomic E-state index is 0. The molecule has 4 aromatic carbocycles. The van der Waals surface area contributed by atoms with Crippen molar-refractivity contribution in [1.29, 1.82) is 0 Å². The summed E-state index contributed by atoms with van der Waals surface area (Å²) in [6.45, 7) is 2.01. The molecule has 0 spiro atoms. The molecule has 0 unspecified atom stereocenters. The van der Waals surface area contributed by atoms with Gasteiger partial charge in [0.05, 0.1) is 0 Å². The number of hydrogen-bond donors (Lipinski definition) is 0. The SMILES string of the molecule is C[N+]1=C=[N+](c2[c-]c(Oc3[c-]c(-c4cc(-c5[c-]c(Oc6[c-]cccc6)ccc5)[c-]cn4)cc(N4CCCC4)c3)ccc2)C=C1.[C-]#Cn1cccc1.[Pt+2].[Pt+4]. The Bertz CT molecular complexity index is 2250. The van der Waals surface area contributed by atoms with Gasteiger partial charge in [0.25, 0.3) is 6.20 Å². The average molecular weight is 1040 g/mol. The van der Waals surface area contributed by atoms with Crippen LogP contribution in [0.15, 0.2) is 122 Å². The second-order valence-corrected chi connectivity index (χ2v) is 11.5. The third kappa shape index (κ3) is 9.75. The van der Waals surface area contributed by atoms with E-state index in [1.807, 2.05) is 114 Å². The smallest absolute Gasteiger partial charge is 0.669 e. The summed E-state index contributed by atoms with van der Waals surface area (Å²) in [5, 5.41) is 0. The second kappa shape index (κ2) is 18.3. The van der Waals surface area contributed by atoms with Gasteiger partial charge in [-0.05, 0) is 30.7 Å². The Labute approximate surface area is 333 Å². The molecule has 0 amide bonds. The Morgan fingerprint density at radius 3 is 2.21 bits per heavy atom. The van der Waals surface area contributed by atoms with E-state index < -0.39 is 0 Å². The van der Waals surface area contributed by atoms with Crippen LogP contribution in [0.1, 0.15) is 12.8 Å². The van der Waals surface area contributed by atoms with E-state index in [1.165, 1.54) is 12.8 Å². The van der Waals surface area contributed by atoms with Crippen molar-refractivity contribution in [3.63, 3.8) is 0 Å². The molecule has 6 aromatic rings. The standard InChI is InChI=1S/C37H27N4O2.C6H4N.2Pt/c1-39-19-20-41(27-39)31-10-8-14-35(25-31)43-36-23-30(21-32(26-36)40-17-5-6-18-40)37-24-29(15-16-38-37)28-9-7-13-34(22-28)42-33-11-3-2-4-12-33;1-2-7-5-3-4-6-7;;/h2-4,7-11,13-14,16,19-21,24,26H,5-6,17-18H2,1H3;3-6H;;/q-3;-1;+2;+4. The zero-order chi connectivity index (χ0) is 34.1. The van der Waals surface area contributed by atoms with Crippen LogP contribution in [-0.4, -0.2) is 44.8 Å². The van der Waals surface area contributed by atoms with Crippen molar-refractivity contribution in [2.75, 3.05) is 25.0 Å². The first-order valence-electron chi connectivity index (χ1n) is 16.2. The van der Waals surface area contributed by atoms with Crippen molar-refractivity contribution >= 4 is 17.4 Å². The van der Waals surface area contributed by atoms with Crippen molar-refractivity contribution in [2.45, 2.75) is 12.8 Å². The summed E-state index contributed by atoms with van der Waals surface area (Å²) in [5.74, 6) is 2.45. The number of rotatable bonds is 8. The number of hydrogen-bond acceptors (Lipinski definition) is 4. The fourth-order valence-corrected chi connectivity index (χ4v) is 5.49. The molecule has 7 nitrogen and oxygen atoms in total. The van der Waals surface area contributed by atoms with Crippen molar-refractivity contribution in [2.24, 2.45) is 0 Å². The van der Waals surface area contributed by atoms with Crippen molar-refractivity contribution in [3.8, 4) is 51.4 Å². The van der Waals surface area contributed by atoms with Gasteiger partial charge in [0.2, 0.25) is 6.20 Å². The van der Waals surface area contributed by atoms with E-state index in [9.17, 15) is 0 Å². The fraction of sp³-hybridized carbons (Fsp3) is 0.116. The van der Waals surface area contributed by atoms with Crippen LogP contribution in [0.3, 0.4) is 0 Å². The second-order valence-electron chi connectivity index (χ2n) is 11.5. The molecule has 2 aromatic heterocycles. The van der Waals surface area contributed by atoms with Gasteiger partial charge in [0.15, 0.2) is 7.05 Å². The number of anilines is 1. The zero-order valence-corrected chi connectivity index (χ0v) is 32.6. The van der Waals surface area contributed by atoms with Crippen LogP contribution in [0.25, 0.3) is 22.4 Å². The Kier molecular flexibility index (Phi) is 13.4. The first-order chi connectivity index (χ1) is 24.6. The summed E-state index contributed by atoms with van der Waals surface area (Å²) in [5.41, 5.74) is 5.23. The topological polar surface area (TPSA) is 45.5 Å². The number of aromatic nitrogens is 2. The molecular weight excluding hydrogens is 1010 g/mol. The Hall–Kier alpha value is -5.23. The van der Waals surface area contributed by atoms with Gasteiger partial charge in [-0.15, -0.1) is 35.9 Å². The van der Waals surface area contributed by atoms with Gasteiger partial charge >= 0.3 is 48.1 Å². The molecule has 2 aliphatic heterocycles. The van der Waals surface area contributed by atoms with Crippen LogP contribution in [0.4, 0.5) is 11.4 Å². The molecule has 8 rings (SSSR count). The molecule has 4 heterocycles. The number of nitrogens with zero attached hydrogens (tertiary/aromatic N) is 5. The summed E-state index contributed by atoms with van der Waals surface area (Å²) < 4.78 is 17.6. The van der Waals surface area contributed by atoms with Gasteiger partial charge in [-0.25, -0.2) is 24.2 Å². The van der Waals surface area contributed by atoms with Gasteiger partial charge < -0.3 is 30.3 Å². The summed E-state index contributed by atoms with van der Waals surface area (Å²) >= 11 is 0. The largest absolute Gasteiger partial charge is 4.00 e. The number of benzene rings is 4. The molecule has 0 radical (unpaired) electrons. The molecule has 258 valence electrons. The van der Waals surface area contributed by atoms with Crippen LogP contribution >= 0.6 is 0 Å². The van der Waals surface area contributed by atoms with Crippen molar-refractivity contribution < 1.29 is 60.8 Å². The molecule has 9 heteroatoms. The summed E-state index contributed by atoms with van der Waals surface area (Å²) in [4.78, 5) is 7.05. The maximum atomic E-state index is 6.57. The van der Waals surface area contributed by atoms with Gasteiger partial charge in [0.1, 0.15) is 5.69 Å². The Morgan fingerprint density at radius 1 is 0.769 bits per heavy atom. The fourth-order valence-electron chi connectivity index (χ4n) is 5.49. The molecule has 0 aliphatic carbocycles. The van der Waals surface area contributed by atoms with Gasteiger partial charge in [-0.3, -0.25) is 11.1 Å². The van der Waals surface area contributed by atoms with Crippen molar-refractivity contribution in [3.05, 3.63) is 159 Å². The normalized spacial score (nSPS) is 12.7. The first kappa shape index (κ1) is 38.0.